The standard InChI is InChI=1S/C22H29NO5/c1-9-5-20-7-13-15-19(3)8-14(28-10(2)24)17(25)22(15)16(23(13)18(19)26)12(20)4-11(9)6-21(20,22)27/h11-18,25-27H,1,4-8H2,2-3H3/t11-,12?,13-,14-,15+,16?,17+,18?,19+,20-,21-,22+/m0/s1. The van der Waals surface area contributed by atoms with Crippen molar-refractivity contribution in [3.8, 4) is 0 Å². The van der Waals surface area contributed by atoms with Crippen molar-refractivity contribution in [2.24, 2.45) is 34.0 Å². The van der Waals surface area contributed by atoms with Crippen LogP contribution in [0.4, 0.5) is 0 Å². The molecular formula is C22H29NO5. The summed E-state index contributed by atoms with van der Waals surface area (Å²) in [5, 5.41) is 35.7. The molecule has 4 unspecified atom stereocenters. The molecule has 152 valence electrons. The summed E-state index contributed by atoms with van der Waals surface area (Å²) in [5.74, 6) is 0.190. The number of aliphatic hydroxyl groups excluding tert-OH is 2. The molecule has 0 radical (unpaired) electrons. The van der Waals surface area contributed by atoms with E-state index in [1.54, 1.807) is 0 Å². The number of esters is 1. The number of ether oxygens (including phenoxy) is 1. The number of carbonyl (C=O) groups excluding carboxylic acids is 1. The third kappa shape index (κ3) is 1.22. The van der Waals surface area contributed by atoms with Crippen molar-refractivity contribution in [1.82, 2.24) is 4.90 Å². The zero-order valence-corrected chi connectivity index (χ0v) is 16.5. The first-order valence-corrected chi connectivity index (χ1v) is 10.8. The van der Waals surface area contributed by atoms with Crippen molar-refractivity contribution in [1.29, 1.82) is 0 Å². The van der Waals surface area contributed by atoms with E-state index < -0.39 is 40.8 Å². The highest BCUT2D eigenvalue weighted by Crippen LogP contribution is 2.89. The first kappa shape index (κ1) is 16.8. The lowest BCUT2D eigenvalue weighted by Crippen LogP contribution is -2.76. The van der Waals surface area contributed by atoms with E-state index in [0.29, 0.717) is 18.8 Å². The Morgan fingerprint density at radius 2 is 2.04 bits per heavy atom. The van der Waals surface area contributed by atoms with Crippen molar-refractivity contribution >= 4 is 5.97 Å². The summed E-state index contributed by atoms with van der Waals surface area (Å²) in [6, 6.07) is 0.160. The molecule has 3 saturated heterocycles. The van der Waals surface area contributed by atoms with Crippen LogP contribution in [0.15, 0.2) is 12.2 Å². The molecule has 6 nitrogen and oxygen atoms in total. The second-order valence-electron chi connectivity index (χ2n) is 11.3. The number of hydrogen-bond donors (Lipinski definition) is 3. The molecule has 3 heterocycles. The lowest BCUT2D eigenvalue weighted by Gasteiger charge is -2.68. The van der Waals surface area contributed by atoms with E-state index in [2.05, 4.69) is 18.4 Å². The summed E-state index contributed by atoms with van der Waals surface area (Å²) >= 11 is 0. The summed E-state index contributed by atoms with van der Waals surface area (Å²) in [6.07, 6.45) is 1.67. The van der Waals surface area contributed by atoms with Gasteiger partial charge in [0.25, 0.3) is 0 Å². The molecule has 0 amide bonds. The monoisotopic (exact) mass is 387 g/mol. The largest absolute Gasteiger partial charge is 0.460 e. The van der Waals surface area contributed by atoms with Gasteiger partial charge in [0.05, 0.1) is 11.0 Å². The molecule has 9 fully saturated rings. The second kappa shape index (κ2) is 4.25. The number of rotatable bonds is 1. The van der Waals surface area contributed by atoms with Crippen LogP contribution in [0.5, 0.6) is 0 Å². The number of nitrogens with zero attached hydrogens (tertiary/aromatic N) is 1. The van der Waals surface area contributed by atoms with Crippen molar-refractivity contribution in [2.75, 3.05) is 0 Å². The SMILES string of the molecule is C=C1C[C@]23C[C@H]4[C@H]5[C@]67C(C2C[C@H]1C[C@]36O)N4C(O)[C@]5(C)C[C@H](OC(C)=O)[C@H]7O. The van der Waals surface area contributed by atoms with Gasteiger partial charge in [0.15, 0.2) is 0 Å². The summed E-state index contributed by atoms with van der Waals surface area (Å²) in [7, 11) is 0. The predicted octanol–water partition coefficient (Wildman–Crippen LogP) is 0.797. The maximum Gasteiger partial charge on any atom is 0.302 e. The van der Waals surface area contributed by atoms with Crippen molar-refractivity contribution in [2.45, 2.75) is 82.1 Å². The van der Waals surface area contributed by atoms with Crippen LogP contribution in [0.2, 0.25) is 0 Å². The van der Waals surface area contributed by atoms with Crippen molar-refractivity contribution < 1.29 is 24.9 Å². The number of allylic oxidation sites excluding steroid dienone is 1. The molecule has 0 aromatic heterocycles. The average Bonchev–Trinajstić information content (AvgIpc) is 2.97. The fourth-order valence-electron chi connectivity index (χ4n) is 10.6. The molecule has 6 aliphatic carbocycles. The molecule has 3 aliphatic heterocycles. The maximum atomic E-state index is 12.5. The summed E-state index contributed by atoms with van der Waals surface area (Å²) in [6.45, 7) is 7.79. The summed E-state index contributed by atoms with van der Waals surface area (Å²) in [4.78, 5) is 14.1. The van der Waals surface area contributed by atoms with E-state index in [1.165, 1.54) is 12.5 Å². The molecule has 9 aliphatic rings. The van der Waals surface area contributed by atoms with Crippen LogP contribution in [0, 0.1) is 34.0 Å². The number of fused-ring (bicyclic) bond motifs is 1. The Kier molecular flexibility index (Phi) is 2.55. The van der Waals surface area contributed by atoms with Crippen LogP contribution in [0.1, 0.15) is 46.0 Å². The van der Waals surface area contributed by atoms with E-state index in [9.17, 15) is 20.1 Å². The third-order valence-electron chi connectivity index (χ3n) is 10.9. The van der Waals surface area contributed by atoms with Gasteiger partial charge in [-0.15, -0.1) is 0 Å². The molecule has 0 aromatic carbocycles. The highest BCUT2D eigenvalue weighted by Gasteiger charge is 2.95. The minimum absolute atomic E-state index is 0.0317. The van der Waals surface area contributed by atoms with E-state index in [0.717, 1.165) is 19.3 Å². The molecule has 6 saturated carbocycles. The number of carbonyl (C=O) groups is 1. The molecular weight excluding hydrogens is 358 g/mol. The highest BCUT2D eigenvalue weighted by atomic mass is 16.6. The molecule has 3 N–H and O–H groups in total. The van der Waals surface area contributed by atoms with Gasteiger partial charge in [-0.1, -0.05) is 19.1 Å². The fraction of sp³-hybridized carbons (Fsp3) is 0.864. The van der Waals surface area contributed by atoms with Crippen LogP contribution in [-0.4, -0.2) is 62.3 Å². The number of aliphatic hydroxyl groups is 3. The van der Waals surface area contributed by atoms with Gasteiger partial charge in [0.2, 0.25) is 0 Å². The van der Waals surface area contributed by atoms with Crippen LogP contribution < -0.4 is 0 Å². The molecule has 13 atom stereocenters. The highest BCUT2D eigenvalue weighted by molar-refractivity contribution is 5.66. The van der Waals surface area contributed by atoms with Gasteiger partial charge in [-0.25, -0.2) is 0 Å². The maximum absolute atomic E-state index is 12.5. The smallest absolute Gasteiger partial charge is 0.302 e. The third-order valence-corrected chi connectivity index (χ3v) is 10.9. The van der Waals surface area contributed by atoms with Crippen molar-refractivity contribution in [3.05, 3.63) is 12.2 Å². The summed E-state index contributed by atoms with van der Waals surface area (Å²) in [5.41, 5.74) is -1.17. The van der Waals surface area contributed by atoms with Gasteiger partial charge in [-0.05, 0) is 49.9 Å². The Balaban J connectivity index is 1.50. The lowest BCUT2D eigenvalue weighted by atomic mass is 9.38. The zero-order chi connectivity index (χ0) is 19.6. The molecule has 0 aromatic rings. The Hall–Kier alpha value is -0.950. The van der Waals surface area contributed by atoms with Gasteiger partial charge < -0.3 is 20.1 Å². The first-order valence-electron chi connectivity index (χ1n) is 10.8. The van der Waals surface area contributed by atoms with E-state index >= 15 is 0 Å². The normalized spacial score (nSPS) is 69.3. The fourth-order valence-corrected chi connectivity index (χ4v) is 10.6. The summed E-state index contributed by atoms with van der Waals surface area (Å²) < 4.78 is 5.62. The molecule has 28 heavy (non-hydrogen) atoms. The molecule has 6 heteroatoms. The first-order chi connectivity index (χ1) is 13.1. The Morgan fingerprint density at radius 1 is 1.29 bits per heavy atom. The average molecular weight is 387 g/mol. The zero-order valence-electron chi connectivity index (χ0n) is 16.5. The number of piperidine rings is 2. The Labute approximate surface area is 164 Å². The van der Waals surface area contributed by atoms with Gasteiger partial charge in [-0.2, -0.15) is 0 Å². The van der Waals surface area contributed by atoms with E-state index in [-0.39, 0.29) is 29.3 Å². The van der Waals surface area contributed by atoms with Crippen molar-refractivity contribution in [3.63, 3.8) is 0 Å². The van der Waals surface area contributed by atoms with Gasteiger partial charge in [0.1, 0.15) is 18.4 Å². The minimum Gasteiger partial charge on any atom is -0.460 e. The van der Waals surface area contributed by atoms with Crippen LogP contribution in [0.25, 0.3) is 0 Å². The number of hydrogen-bond acceptors (Lipinski definition) is 6. The predicted molar refractivity (Wildman–Crippen MR) is 97.6 cm³/mol. The van der Waals surface area contributed by atoms with E-state index in [1.807, 2.05) is 0 Å². The Bertz CT molecular complexity index is 860. The van der Waals surface area contributed by atoms with Gasteiger partial charge in [-0.3, -0.25) is 9.69 Å². The quantitative estimate of drug-likeness (QED) is 0.455. The minimum atomic E-state index is -0.977. The topological polar surface area (TPSA) is 90.2 Å². The van der Waals surface area contributed by atoms with Crippen LogP contribution in [0.3, 0.4) is 0 Å². The van der Waals surface area contributed by atoms with Crippen LogP contribution >= 0.6 is 0 Å². The molecule has 9 rings (SSSR count). The molecule has 2 spiro atoms. The van der Waals surface area contributed by atoms with Gasteiger partial charge >= 0.3 is 5.97 Å². The van der Waals surface area contributed by atoms with E-state index in [4.69, 9.17) is 4.74 Å². The Morgan fingerprint density at radius 3 is 2.75 bits per heavy atom. The van der Waals surface area contributed by atoms with Crippen LogP contribution in [-0.2, 0) is 9.53 Å². The second-order valence-corrected chi connectivity index (χ2v) is 11.3. The van der Waals surface area contributed by atoms with Gasteiger partial charge in [0, 0.05) is 29.8 Å². The molecule has 9 bridgehead atoms. The lowest BCUT2D eigenvalue weighted by molar-refractivity contribution is -0.299.